The van der Waals surface area contributed by atoms with Gasteiger partial charge in [-0.05, 0) is 18.2 Å². The highest BCUT2D eigenvalue weighted by atomic mass is 35.5. The number of hydrogen-bond acceptors (Lipinski definition) is 5. The van der Waals surface area contributed by atoms with Gasteiger partial charge in [-0.25, -0.2) is 9.78 Å². The smallest absolute Gasteiger partial charge is 0.453 e. The summed E-state index contributed by atoms with van der Waals surface area (Å²) in [6.07, 6.45) is -4.80. The Kier molecular flexibility index (Phi) is 3.29. The summed E-state index contributed by atoms with van der Waals surface area (Å²) in [7, 11) is 0. The van der Waals surface area contributed by atoms with E-state index in [4.69, 9.17) is 16.7 Å². The molecule has 0 bridgehead atoms. The van der Waals surface area contributed by atoms with Gasteiger partial charge in [0.1, 0.15) is 0 Å². The first-order chi connectivity index (χ1) is 10.3. The van der Waals surface area contributed by atoms with Crippen LogP contribution in [-0.2, 0) is 6.18 Å². The molecule has 0 saturated heterocycles. The zero-order chi connectivity index (χ0) is 16.1. The fourth-order valence-corrected chi connectivity index (χ4v) is 2.72. The summed E-state index contributed by atoms with van der Waals surface area (Å²) < 4.78 is 39.0. The Morgan fingerprint density at radius 3 is 2.59 bits per heavy atom. The van der Waals surface area contributed by atoms with Crippen LogP contribution in [0.4, 0.5) is 13.2 Å². The van der Waals surface area contributed by atoms with E-state index in [0.29, 0.717) is 13.7 Å². The monoisotopic (exact) mass is 348 g/mol. The van der Waals surface area contributed by atoms with Crippen molar-refractivity contribution in [2.45, 2.75) is 6.18 Å². The van der Waals surface area contributed by atoms with Crippen LogP contribution in [0, 0.1) is 0 Å². The highest BCUT2D eigenvalue weighted by Crippen LogP contribution is 2.31. The molecule has 0 amide bonds. The molecule has 0 fully saturated rings. The van der Waals surface area contributed by atoms with Crippen molar-refractivity contribution < 1.29 is 23.1 Å². The molecule has 22 heavy (non-hydrogen) atoms. The number of aromatic carboxylic acids is 1. The van der Waals surface area contributed by atoms with Crippen LogP contribution < -0.4 is 0 Å². The highest BCUT2D eigenvalue weighted by molar-refractivity contribution is 7.19. The second-order valence-electron chi connectivity index (χ2n) is 4.08. The third kappa shape index (κ3) is 2.50. The molecule has 114 valence electrons. The van der Waals surface area contributed by atoms with Crippen LogP contribution in [0.1, 0.15) is 16.3 Å². The molecule has 0 aromatic carbocycles. The summed E-state index contributed by atoms with van der Waals surface area (Å²) in [5, 5.41) is 12.3. The Morgan fingerprint density at radius 1 is 1.32 bits per heavy atom. The molecular formula is C11H4ClF3N4O2S. The third-order valence-corrected chi connectivity index (χ3v) is 3.86. The minimum atomic E-state index is -4.80. The minimum Gasteiger partial charge on any atom is -0.477 e. The van der Waals surface area contributed by atoms with Gasteiger partial charge in [0, 0.05) is 0 Å². The summed E-state index contributed by atoms with van der Waals surface area (Å²) in [5.74, 6) is -3.36. The predicted octanol–water partition coefficient (Wildman–Crippen LogP) is 3.22. The van der Waals surface area contributed by atoms with E-state index < -0.39 is 29.4 Å². The minimum absolute atomic E-state index is 0.155. The Balaban J connectivity index is 2.27. The average Bonchev–Trinajstić information content (AvgIpc) is 3.02. The molecule has 0 unspecified atom stereocenters. The summed E-state index contributed by atoms with van der Waals surface area (Å²) in [4.78, 5) is 18.9. The van der Waals surface area contributed by atoms with Gasteiger partial charge in [-0.3, -0.25) is 0 Å². The van der Waals surface area contributed by atoms with Gasteiger partial charge in [0.15, 0.2) is 5.69 Å². The van der Waals surface area contributed by atoms with Crippen LogP contribution in [0.25, 0.3) is 16.3 Å². The zero-order valence-electron chi connectivity index (χ0n) is 10.3. The molecule has 3 aromatic heterocycles. The number of hydrogen-bond donors (Lipinski definition) is 1. The topological polar surface area (TPSA) is 80.4 Å². The number of thiophene rings is 1. The van der Waals surface area contributed by atoms with Crippen LogP contribution in [0.2, 0.25) is 4.34 Å². The van der Waals surface area contributed by atoms with Crippen LogP contribution in [0.15, 0.2) is 18.2 Å². The molecule has 3 rings (SSSR count). The molecule has 1 N–H and O–H groups in total. The largest absolute Gasteiger partial charge is 0.477 e. The summed E-state index contributed by atoms with van der Waals surface area (Å²) in [6.45, 7) is 0. The fraction of sp³-hybridized carbons (Fsp3) is 0.0909. The second kappa shape index (κ2) is 4.92. The van der Waals surface area contributed by atoms with Crippen molar-refractivity contribution in [1.29, 1.82) is 0 Å². The molecular weight excluding hydrogens is 345 g/mol. The van der Waals surface area contributed by atoms with Gasteiger partial charge in [-0.15, -0.1) is 16.4 Å². The number of fused-ring (bicyclic) bond motifs is 1. The maximum absolute atomic E-state index is 12.7. The number of rotatable bonds is 2. The number of carbonyl (C=O) groups is 1. The van der Waals surface area contributed by atoms with Crippen molar-refractivity contribution in [3.05, 3.63) is 34.1 Å². The summed E-state index contributed by atoms with van der Waals surface area (Å²) >= 11 is 6.90. The molecule has 3 heterocycles. The van der Waals surface area contributed by atoms with E-state index in [1.807, 2.05) is 0 Å². The number of alkyl halides is 3. The molecule has 0 spiro atoms. The SMILES string of the molecule is O=C(O)c1cc(-c2ccc(Cl)s2)nc2nc(C(F)(F)F)nn12. The maximum atomic E-state index is 12.7. The van der Waals surface area contributed by atoms with Crippen LogP contribution in [0.3, 0.4) is 0 Å². The molecule has 0 aliphatic rings. The van der Waals surface area contributed by atoms with Crippen LogP contribution >= 0.6 is 22.9 Å². The first-order valence-corrected chi connectivity index (χ1v) is 6.79. The lowest BCUT2D eigenvalue weighted by Gasteiger charge is -2.01. The van der Waals surface area contributed by atoms with E-state index in [2.05, 4.69) is 15.1 Å². The summed E-state index contributed by atoms with van der Waals surface area (Å²) in [6, 6.07) is 4.27. The van der Waals surface area contributed by atoms with Crippen molar-refractivity contribution >= 4 is 34.7 Å². The van der Waals surface area contributed by atoms with Crippen molar-refractivity contribution in [3.63, 3.8) is 0 Å². The lowest BCUT2D eigenvalue weighted by molar-refractivity contribution is -0.144. The summed E-state index contributed by atoms with van der Waals surface area (Å²) in [5.41, 5.74) is -0.324. The number of carboxylic acids is 1. The van der Waals surface area contributed by atoms with Gasteiger partial charge in [0.2, 0.25) is 0 Å². The molecule has 0 aliphatic carbocycles. The maximum Gasteiger partial charge on any atom is 0.453 e. The number of carboxylic acid groups (broad SMARTS) is 1. The van der Waals surface area contributed by atoms with Crippen LogP contribution in [-0.4, -0.2) is 30.7 Å². The standard InChI is InChI=1S/C11H4ClF3N4O2S/c12-7-2-1-6(22-7)4-3-5(8(20)21)19-10(16-4)17-9(18-19)11(13,14)15/h1-3H,(H,20,21). The van der Waals surface area contributed by atoms with Crippen LogP contribution in [0.5, 0.6) is 0 Å². The van der Waals surface area contributed by atoms with Crippen molar-refractivity contribution in [2.24, 2.45) is 0 Å². The lowest BCUT2D eigenvalue weighted by atomic mass is 10.3. The van der Waals surface area contributed by atoms with E-state index in [1.54, 1.807) is 12.1 Å². The number of halogens is 4. The predicted molar refractivity (Wildman–Crippen MR) is 71.1 cm³/mol. The Hall–Kier alpha value is -2.20. The molecule has 0 aliphatic heterocycles. The van der Waals surface area contributed by atoms with Crippen molar-refractivity contribution in [1.82, 2.24) is 19.6 Å². The fourth-order valence-electron chi connectivity index (χ4n) is 1.72. The van der Waals surface area contributed by atoms with Crippen molar-refractivity contribution in [3.8, 4) is 10.6 Å². The third-order valence-electron chi connectivity index (χ3n) is 2.61. The highest BCUT2D eigenvalue weighted by Gasteiger charge is 2.37. The van der Waals surface area contributed by atoms with E-state index in [1.165, 1.54) is 0 Å². The Morgan fingerprint density at radius 2 is 2.05 bits per heavy atom. The molecule has 0 radical (unpaired) electrons. The quantitative estimate of drug-likeness (QED) is 0.769. The van der Waals surface area contributed by atoms with E-state index in [9.17, 15) is 18.0 Å². The normalized spacial score (nSPS) is 12.0. The first-order valence-electron chi connectivity index (χ1n) is 5.60. The lowest BCUT2D eigenvalue weighted by Crippen LogP contribution is -2.10. The van der Waals surface area contributed by atoms with Gasteiger partial charge < -0.3 is 5.11 Å². The first kappa shape index (κ1) is 14.7. The van der Waals surface area contributed by atoms with Gasteiger partial charge in [0.25, 0.3) is 11.6 Å². The molecule has 0 saturated carbocycles. The van der Waals surface area contributed by atoms with Gasteiger partial charge in [-0.1, -0.05) is 11.6 Å². The molecule has 6 nitrogen and oxygen atoms in total. The van der Waals surface area contributed by atoms with E-state index in [-0.39, 0.29) is 5.69 Å². The van der Waals surface area contributed by atoms with E-state index in [0.717, 1.165) is 17.4 Å². The van der Waals surface area contributed by atoms with Gasteiger partial charge in [0.05, 0.1) is 14.9 Å². The Labute approximate surface area is 128 Å². The van der Waals surface area contributed by atoms with E-state index >= 15 is 0 Å². The second-order valence-corrected chi connectivity index (χ2v) is 5.80. The molecule has 11 heteroatoms. The van der Waals surface area contributed by atoms with Crippen molar-refractivity contribution in [2.75, 3.05) is 0 Å². The molecule has 3 aromatic rings. The Bertz CT molecular complexity index is 889. The number of aromatic nitrogens is 4. The van der Waals surface area contributed by atoms with Gasteiger partial charge in [-0.2, -0.15) is 22.7 Å². The number of nitrogens with zero attached hydrogens (tertiary/aromatic N) is 4. The molecule has 0 atom stereocenters. The van der Waals surface area contributed by atoms with Gasteiger partial charge >= 0.3 is 12.1 Å². The average molecular weight is 349 g/mol. The zero-order valence-corrected chi connectivity index (χ0v) is 11.9.